The number of amides is 2. The third-order valence-corrected chi connectivity index (χ3v) is 6.55. The average Bonchev–Trinajstić information content (AvgIpc) is 2.93. The monoisotopic (exact) mass is 348 g/mol. The Morgan fingerprint density at radius 1 is 1.32 bits per heavy atom. The van der Waals surface area contributed by atoms with Gasteiger partial charge >= 0.3 is 0 Å². The van der Waals surface area contributed by atoms with Gasteiger partial charge in [-0.05, 0) is 11.8 Å². The third kappa shape index (κ3) is 4.62. The summed E-state index contributed by atoms with van der Waals surface area (Å²) in [6.45, 7) is 5.98. The summed E-state index contributed by atoms with van der Waals surface area (Å²) in [6.07, 6.45) is 0.860. The molecular formula is C14H24N2O4S2. The van der Waals surface area contributed by atoms with Crippen LogP contribution in [0.25, 0.3) is 0 Å². The lowest BCUT2D eigenvalue weighted by molar-refractivity contribution is -0.139. The van der Waals surface area contributed by atoms with Crippen LogP contribution >= 0.6 is 11.8 Å². The van der Waals surface area contributed by atoms with Crippen LogP contribution in [0.3, 0.4) is 0 Å². The topological polar surface area (TPSA) is 83.6 Å². The Labute approximate surface area is 136 Å². The van der Waals surface area contributed by atoms with E-state index in [-0.39, 0.29) is 34.8 Å². The largest absolute Gasteiger partial charge is 0.350 e. The molecule has 0 aromatic heterocycles. The molecule has 2 aliphatic rings. The molecule has 2 heterocycles. The fourth-order valence-electron chi connectivity index (χ4n) is 2.67. The summed E-state index contributed by atoms with van der Waals surface area (Å²) < 4.78 is 22.9. The van der Waals surface area contributed by atoms with Gasteiger partial charge in [0.25, 0.3) is 0 Å². The molecule has 2 aliphatic heterocycles. The number of rotatable bonds is 3. The van der Waals surface area contributed by atoms with Crippen molar-refractivity contribution >= 4 is 33.4 Å². The maximum Gasteiger partial charge on any atom is 0.243 e. The smallest absolute Gasteiger partial charge is 0.243 e. The quantitative estimate of drug-likeness (QED) is 0.809. The lowest BCUT2D eigenvalue weighted by atomic mass is 9.91. The van der Waals surface area contributed by atoms with Crippen molar-refractivity contribution < 1.29 is 18.0 Å². The fourth-order valence-corrected chi connectivity index (χ4v) is 5.52. The van der Waals surface area contributed by atoms with Crippen LogP contribution in [0.15, 0.2) is 0 Å². The first kappa shape index (κ1) is 17.6. The number of hydrogen-bond acceptors (Lipinski definition) is 5. The Morgan fingerprint density at radius 2 is 2.00 bits per heavy atom. The standard InChI is InChI=1S/C14H24N2O4S2/c1-14(2,3)6-12(17)16-9-21-7-11(16)13(18)15-10-4-5-22(19,20)8-10/h10-11H,4-9H2,1-3H3,(H,15,18)/t10-,11-/m1/s1. The van der Waals surface area contributed by atoms with Crippen LogP contribution in [0.5, 0.6) is 0 Å². The van der Waals surface area contributed by atoms with Crippen molar-refractivity contribution in [3.63, 3.8) is 0 Å². The van der Waals surface area contributed by atoms with E-state index in [9.17, 15) is 18.0 Å². The summed E-state index contributed by atoms with van der Waals surface area (Å²) in [5.41, 5.74) is -0.120. The molecule has 0 saturated carbocycles. The number of sulfone groups is 1. The maximum absolute atomic E-state index is 12.4. The highest BCUT2D eigenvalue weighted by molar-refractivity contribution is 7.99. The van der Waals surface area contributed by atoms with Gasteiger partial charge in [0.05, 0.1) is 17.4 Å². The van der Waals surface area contributed by atoms with E-state index in [0.29, 0.717) is 24.5 Å². The normalized spacial score (nSPS) is 27.9. The van der Waals surface area contributed by atoms with Gasteiger partial charge in [0.15, 0.2) is 9.84 Å². The van der Waals surface area contributed by atoms with Crippen molar-refractivity contribution in [2.75, 3.05) is 23.1 Å². The van der Waals surface area contributed by atoms with Crippen LogP contribution in [0.2, 0.25) is 0 Å². The second kappa shape index (κ2) is 6.39. The van der Waals surface area contributed by atoms with Crippen LogP contribution in [-0.2, 0) is 19.4 Å². The molecule has 0 spiro atoms. The van der Waals surface area contributed by atoms with E-state index in [1.165, 1.54) is 0 Å². The SMILES string of the molecule is CC(C)(C)CC(=O)N1CSC[C@@H]1C(=O)N[C@@H]1CCS(=O)(=O)C1. The molecule has 2 atom stereocenters. The summed E-state index contributed by atoms with van der Waals surface area (Å²) in [4.78, 5) is 26.4. The van der Waals surface area contributed by atoms with E-state index in [1.807, 2.05) is 20.8 Å². The molecular weight excluding hydrogens is 324 g/mol. The molecule has 2 amide bonds. The Bertz CT molecular complexity index is 554. The van der Waals surface area contributed by atoms with Crippen LogP contribution in [0.4, 0.5) is 0 Å². The fraction of sp³-hybridized carbons (Fsp3) is 0.857. The number of carbonyl (C=O) groups is 2. The predicted molar refractivity (Wildman–Crippen MR) is 87.2 cm³/mol. The second-order valence-corrected chi connectivity index (χ2v) is 10.5. The van der Waals surface area contributed by atoms with Crippen LogP contribution in [0.1, 0.15) is 33.6 Å². The number of thioether (sulfide) groups is 1. The molecule has 6 nitrogen and oxygen atoms in total. The zero-order valence-electron chi connectivity index (χ0n) is 13.3. The van der Waals surface area contributed by atoms with Crippen molar-refractivity contribution in [3.8, 4) is 0 Å². The van der Waals surface area contributed by atoms with E-state index >= 15 is 0 Å². The van der Waals surface area contributed by atoms with Gasteiger partial charge in [-0.2, -0.15) is 0 Å². The Hall–Kier alpha value is -0.760. The molecule has 126 valence electrons. The lowest BCUT2D eigenvalue weighted by Gasteiger charge is -2.27. The van der Waals surface area contributed by atoms with Crippen LogP contribution in [0, 0.1) is 5.41 Å². The van der Waals surface area contributed by atoms with E-state index in [4.69, 9.17) is 0 Å². The number of nitrogens with zero attached hydrogens (tertiary/aromatic N) is 1. The van der Waals surface area contributed by atoms with Crippen LogP contribution < -0.4 is 5.32 Å². The van der Waals surface area contributed by atoms with Gasteiger partial charge < -0.3 is 10.2 Å². The Balaban J connectivity index is 1.95. The molecule has 0 bridgehead atoms. The number of carbonyl (C=O) groups excluding carboxylic acids is 2. The van der Waals surface area contributed by atoms with Gasteiger partial charge in [0, 0.05) is 18.2 Å². The predicted octanol–water partition coefficient (Wildman–Crippen LogP) is 0.627. The van der Waals surface area contributed by atoms with Crippen molar-refractivity contribution in [2.24, 2.45) is 5.41 Å². The van der Waals surface area contributed by atoms with E-state index in [1.54, 1.807) is 16.7 Å². The van der Waals surface area contributed by atoms with Crippen LogP contribution in [-0.4, -0.2) is 60.4 Å². The van der Waals surface area contributed by atoms with Crippen molar-refractivity contribution in [3.05, 3.63) is 0 Å². The first-order valence-electron chi connectivity index (χ1n) is 7.45. The van der Waals surface area contributed by atoms with Gasteiger partial charge in [-0.3, -0.25) is 9.59 Å². The third-order valence-electron chi connectivity index (χ3n) is 3.77. The minimum absolute atomic E-state index is 0.00847. The zero-order valence-corrected chi connectivity index (χ0v) is 14.9. The van der Waals surface area contributed by atoms with E-state index in [0.717, 1.165) is 0 Å². The van der Waals surface area contributed by atoms with Crippen molar-refractivity contribution in [2.45, 2.75) is 45.7 Å². The first-order chi connectivity index (χ1) is 10.1. The number of nitrogens with one attached hydrogen (secondary N) is 1. The highest BCUT2D eigenvalue weighted by Gasteiger charge is 2.38. The molecule has 0 aromatic carbocycles. The minimum atomic E-state index is -3.02. The summed E-state index contributed by atoms with van der Waals surface area (Å²) in [7, 11) is -3.02. The maximum atomic E-state index is 12.4. The highest BCUT2D eigenvalue weighted by atomic mass is 32.2. The number of hydrogen-bond donors (Lipinski definition) is 1. The van der Waals surface area contributed by atoms with Gasteiger partial charge in [-0.25, -0.2) is 8.42 Å². The summed E-state index contributed by atoms with van der Waals surface area (Å²) in [5.74, 6) is 0.987. The molecule has 22 heavy (non-hydrogen) atoms. The molecule has 0 unspecified atom stereocenters. The summed E-state index contributed by atoms with van der Waals surface area (Å²) in [6, 6.07) is -0.800. The summed E-state index contributed by atoms with van der Waals surface area (Å²) >= 11 is 1.56. The Kier molecular flexibility index (Phi) is 5.11. The van der Waals surface area contributed by atoms with Crippen molar-refractivity contribution in [1.29, 1.82) is 0 Å². The second-order valence-electron chi connectivity index (χ2n) is 7.23. The molecule has 8 heteroatoms. The molecule has 0 aliphatic carbocycles. The van der Waals surface area contributed by atoms with Gasteiger partial charge in [0.2, 0.25) is 11.8 Å². The summed E-state index contributed by atoms with van der Waals surface area (Å²) in [5, 5.41) is 2.80. The lowest BCUT2D eigenvalue weighted by Crippen LogP contribution is -2.50. The Morgan fingerprint density at radius 3 is 2.55 bits per heavy atom. The molecule has 2 rings (SSSR count). The molecule has 1 N–H and O–H groups in total. The van der Waals surface area contributed by atoms with Gasteiger partial charge in [0.1, 0.15) is 6.04 Å². The molecule has 0 radical (unpaired) electrons. The molecule has 0 aromatic rings. The van der Waals surface area contributed by atoms with Gasteiger partial charge in [-0.15, -0.1) is 11.8 Å². The molecule has 2 fully saturated rings. The van der Waals surface area contributed by atoms with Gasteiger partial charge in [-0.1, -0.05) is 20.8 Å². The van der Waals surface area contributed by atoms with Crippen molar-refractivity contribution in [1.82, 2.24) is 10.2 Å². The van der Waals surface area contributed by atoms with E-state index < -0.39 is 15.9 Å². The minimum Gasteiger partial charge on any atom is -0.350 e. The average molecular weight is 348 g/mol. The zero-order chi connectivity index (χ0) is 16.5. The van der Waals surface area contributed by atoms with E-state index in [2.05, 4.69) is 5.32 Å². The highest BCUT2D eigenvalue weighted by Crippen LogP contribution is 2.26. The molecule has 2 saturated heterocycles. The first-order valence-corrected chi connectivity index (χ1v) is 10.4.